The summed E-state index contributed by atoms with van der Waals surface area (Å²) in [5.74, 6) is 0. The van der Waals surface area contributed by atoms with Crippen molar-refractivity contribution < 1.29 is 0 Å². The largest absolute Gasteiger partial charge is 0.307 e. The van der Waals surface area contributed by atoms with Crippen LogP contribution in [0.5, 0.6) is 0 Å². The number of hydrogen-bond donors (Lipinski definition) is 0. The predicted molar refractivity (Wildman–Crippen MR) is 288 cm³/mol. The second-order valence-corrected chi connectivity index (χ2v) is 18.3. The molecule has 67 heavy (non-hydrogen) atoms. The zero-order valence-electron chi connectivity index (χ0n) is 36.6. The van der Waals surface area contributed by atoms with Crippen molar-refractivity contribution in [3.05, 3.63) is 255 Å². The fourth-order valence-electron chi connectivity index (χ4n) is 10.3. The number of nitrogens with zero attached hydrogens (tertiary/aromatic N) is 2. The molecule has 0 saturated heterocycles. The van der Waals surface area contributed by atoms with Gasteiger partial charge in [0.1, 0.15) is 0 Å². The molecule has 314 valence electrons. The second kappa shape index (κ2) is 16.2. The average molecular weight is 871 g/mol. The minimum atomic E-state index is 1.09. The van der Waals surface area contributed by atoms with E-state index < -0.39 is 0 Å². The lowest BCUT2D eigenvalue weighted by molar-refractivity contribution is 1.17. The third-order valence-electron chi connectivity index (χ3n) is 13.3. The number of anilines is 3. The minimum Gasteiger partial charge on any atom is -0.307 e. The summed E-state index contributed by atoms with van der Waals surface area (Å²) in [5, 5.41) is 7.28. The van der Waals surface area contributed by atoms with Gasteiger partial charge in [0.15, 0.2) is 0 Å². The molecule has 0 atom stereocenters. The van der Waals surface area contributed by atoms with Crippen LogP contribution in [-0.2, 0) is 0 Å². The number of rotatable bonds is 8. The first-order chi connectivity index (χ1) is 33.2. The molecule has 2 nitrogen and oxygen atoms in total. The summed E-state index contributed by atoms with van der Waals surface area (Å²) in [6, 6.07) is 93.6. The Morgan fingerprint density at radius 1 is 0.299 bits per heavy atom. The fourth-order valence-corrected chi connectivity index (χ4v) is 11.4. The van der Waals surface area contributed by atoms with Crippen molar-refractivity contribution in [3.63, 3.8) is 0 Å². The summed E-state index contributed by atoms with van der Waals surface area (Å²) >= 11 is 1.86. The molecule has 0 unspecified atom stereocenters. The van der Waals surface area contributed by atoms with Crippen LogP contribution in [0.15, 0.2) is 255 Å². The van der Waals surface area contributed by atoms with E-state index in [2.05, 4.69) is 264 Å². The Balaban J connectivity index is 1.23. The van der Waals surface area contributed by atoms with Crippen LogP contribution in [0.3, 0.4) is 0 Å². The SMILES string of the molecule is c1ccc(-c2cc(-c3ccccc3)cc(-n3c4c(-c5ccccc5)cc(-c5ccccc5)cc4c4cccc(N(c5cccc6ccccc56)c5cccc6sc7ccccc7c56)c43)c2)cc1. The summed E-state index contributed by atoms with van der Waals surface area (Å²) in [6.07, 6.45) is 0. The first-order valence-corrected chi connectivity index (χ1v) is 23.7. The quantitative estimate of drug-likeness (QED) is 0.148. The normalized spacial score (nSPS) is 11.6. The molecule has 0 amide bonds. The van der Waals surface area contributed by atoms with Gasteiger partial charge in [-0.25, -0.2) is 0 Å². The van der Waals surface area contributed by atoms with Gasteiger partial charge >= 0.3 is 0 Å². The number of para-hydroxylation sites is 1. The highest BCUT2D eigenvalue weighted by Gasteiger charge is 2.27. The molecule has 11 aromatic carbocycles. The van der Waals surface area contributed by atoms with Crippen molar-refractivity contribution in [2.24, 2.45) is 0 Å². The van der Waals surface area contributed by atoms with Crippen molar-refractivity contribution in [2.75, 3.05) is 4.90 Å². The summed E-state index contributed by atoms with van der Waals surface area (Å²) in [5.41, 5.74) is 16.1. The van der Waals surface area contributed by atoms with Gasteiger partial charge in [0, 0.05) is 47.6 Å². The lowest BCUT2D eigenvalue weighted by Crippen LogP contribution is -2.12. The first-order valence-electron chi connectivity index (χ1n) is 22.9. The molecule has 0 radical (unpaired) electrons. The van der Waals surface area contributed by atoms with Gasteiger partial charge in [-0.2, -0.15) is 0 Å². The maximum atomic E-state index is 2.58. The van der Waals surface area contributed by atoms with Gasteiger partial charge in [-0.3, -0.25) is 0 Å². The molecular formula is C64H42N2S. The van der Waals surface area contributed by atoms with Crippen molar-refractivity contribution in [1.29, 1.82) is 0 Å². The van der Waals surface area contributed by atoms with Crippen molar-refractivity contribution in [3.8, 4) is 50.2 Å². The molecule has 0 aliphatic rings. The Morgan fingerprint density at radius 3 is 1.48 bits per heavy atom. The van der Waals surface area contributed by atoms with Gasteiger partial charge in [0.05, 0.1) is 28.1 Å². The molecule has 2 heterocycles. The van der Waals surface area contributed by atoms with Gasteiger partial charge in [0.2, 0.25) is 0 Å². The van der Waals surface area contributed by atoms with Gasteiger partial charge in [-0.05, 0) is 105 Å². The summed E-state index contributed by atoms with van der Waals surface area (Å²) in [4.78, 5) is 2.56. The maximum absolute atomic E-state index is 2.58. The molecule has 0 fully saturated rings. The van der Waals surface area contributed by atoms with Crippen LogP contribution in [0.2, 0.25) is 0 Å². The smallest absolute Gasteiger partial charge is 0.0782 e. The van der Waals surface area contributed by atoms with Crippen molar-refractivity contribution >= 4 is 81.1 Å². The molecule has 0 aliphatic heterocycles. The number of hydrogen-bond acceptors (Lipinski definition) is 2. The third-order valence-corrected chi connectivity index (χ3v) is 14.5. The summed E-state index contributed by atoms with van der Waals surface area (Å²) in [6.45, 7) is 0. The Labute approximate surface area is 393 Å². The Hall–Kier alpha value is -8.50. The van der Waals surface area contributed by atoms with Crippen LogP contribution < -0.4 is 4.90 Å². The monoisotopic (exact) mass is 870 g/mol. The molecule has 2 aromatic heterocycles. The molecule has 0 N–H and O–H groups in total. The molecule has 0 aliphatic carbocycles. The number of thiophene rings is 1. The van der Waals surface area contributed by atoms with Gasteiger partial charge in [-0.1, -0.05) is 194 Å². The van der Waals surface area contributed by atoms with Gasteiger partial charge in [-0.15, -0.1) is 11.3 Å². The highest BCUT2D eigenvalue weighted by molar-refractivity contribution is 7.26. The Morgan fingerprint density at radius 2 is 0.791 bits per heavy atom. The molecule has 0 spiro atoms. The van der Waals surface area contributed by atoms with E-state index in [4.69, 9.17) is 0 Å². The van der Waals surface area contributed by atoms with E-state index in [0.29, 0.717) is 0 Å². The Kier molecular flexibility index (Phi) is 9.40. The molecule has 0 bridgehead atoms. The Bertz CT molecular complexity index is 3900. The van der Waals surface area contributed by atoms with E-state index in [1.165, 1.54) is 75.1 Å². The predicted octanol–water partition coefficient (Wildman–Crippen LogP) is 18.4. The van der Waals surface area contributed by atoms with E-state index >= 15 is 0 Å². The highest BCUT2D eigenvalue weighted by Crippen LogP contribution is 2.51. The zero-order chi connectivity index (χ0) is 44.3. The van der Waals surface area contributed by atoms with Crippen LogP contribution >= 0.6 is 11.3 Å². The molecule has 3 heteroatoms. The van der Waals surface area contributed by atoms with E-state index in [1.54, 1.807) is 0 Å². The van der Waals surface area contributed by atoms with Crippen LogP contribution in [0.1, 0.15) is 0 Å². The standard InChI is InChI=1S/C64H42N2S/c1-5-20-43(21-6-1)48-38-49(44-22-7-2-8-23-44)40-51(39-48)65-63-55(47-26-11-4-12-27-47)41-50(45-24-9-3-10-25-45)42-56(63)53-32-18-35-59(64(53)65)66(57-33-17-29-46-28-13-14-30-52(46)57)58-34-19-37-61-62(58)54-31-15-16-36-60(54)67-61/h1-42H. The number of aromatic nitrogens is 1. The van der Waals surface area contributed by atoms with E-state index in [-0.39, 0.29) is 0 Å². The average Bonchev–Trinajstić information content (AvgIpc) is 3.96. The van der Waals surface area contributed by atoms with Crippen molar-refractivity contribution in [1.82, 2.24) is 4.57 Å². The molecule has 13 rings (SSSR count). The first kappa shape index (κ1) is 38.9. The molecular weight excluding hydrogens is 829 g/mol. The van der Waals surface area contributed by atoms with Crippen molar-refractivity contribution in [2.45, 2.75) is 0 Å². The number of benzene rings is 11. The van der Waals surface area contributed by atoms with Gasteiger partial charge in [0.25, 0.3) is 0 Å². The maximum Gasteiger partial charge on any atom is 0.0782 e. The summed E-state index contributed by atoms with van der Waals surface area (Å²) in [7, 11) is 0. The lowest BCUT2D eigenvalue weighted by atomic mass is 9.95. The second-order valence-electron chi connectivity index (χ2n) is 17.2. The third kappa shape index (κ3) is 6.63. The van der Waals surface area contributed by atoms with Crippen LogP contribution in [0.25, 0.3) is 103 Å². The fraction of sp³-hybridized carbons (Fsp3) is 0. The molecule has 0 saturated carbocycles. The van der Waals surface area contributed by atoms with Gasteiger partial charge < -0.3 is 9.47 Å². The lowest BCUT2D eigenvalue weighted by Gasteiger charge is -2.29. The zero-order valence-corrected chi connectivity index (χ0v) is 37.4. The highest BCUT2D eigenvalue weighted by atomic mass is 32.1. The minimum absolute atomic E-state index is 1.09. The molecule has 13 aromatic rings. The van der Waals surface area contributed by atoms with Crippen LogP contribution in [0, 0.1) is 0 Å². The van der Waals surface area contributed by atoms with E-state index in [9.17, 15) is 0 Å². The van der Waals surface area contributed by atoms with Crippen LogP contribution in [0.4, 0.5) is 17.1 Å². The summed E-state index contributed by atoms with van der Waals surface area (Å²) < 4.78 is 5.13. The van der Waals surface area contributed by atoms with Crippen LogP contribution in [-0.4, -0.2) is 4.57 Å². The van der Waals surface area contributed by atoms with E-state index in [0.717, 1.165) is 44.9 Å². The number of fused-ring (bicyclic) bond motifs is 7. The topological polar surface area (TPSA) is 8.17 Å². The van der Waals surface area contributed by atoms with E-state index in [1.807, 2.05) is 11.3 Å².